The summed E-state index contributed by atoms with van der Waals surface area (Å²) in [6.07, 6.45) is 8.37. The Balaban J connectivity index is 1.89. The summed E-state index contributed by atoms with van der Waals surface area (Å²) in [5.41, 5.74) is 6.58. The Bertz CT molecular complexity index is 853. The zero-order chi connectivity index (χ0) is 17.6. The highest BCUT2D eigenvalue weighted by Crippen LogP contribution is 2.45. The zero-order valence-corrected chi connectivity index (χ0v) is 13.8. The minimum absolute atomic E-state index is 0.0295. The number of benzene rings is 1. The lowest BCUT2D eigenvalue weighted by Crippen LogP contribution is -2.45. The molecule has 7 nitrogen and oxygen atoms in total. The third-order valence-electron chi connectivity index (χ3n) is 5.66. The summed E-state index contributed by atoms with van der Waals surface area (Å²) in [6.45, 7) is 0. The predicted octanol–water partition coefficient (Wildman–Crippen LogP) is 2.77. The van der Waals surface area contributed by atoms with Crippen molar-refractivity contribution in [3.8, 4) is 0 Å². The van der Waals surface area contributed by atoms with E-state index in [4.69, 9.17) is 5.73 Å². The first-order valence-electron chi connectivity index (χ1n) is 8.66. The molecule has 2 fully saturated rings. The van der Waals surface area contributed by atoms with Crippen molar-refractivity contribution in [2.75, 3.05) is 4.90 Å². The van der Waals surface area contributed by atoms with Crippen molar-refractivity contribution in [2.45, 2.75) is 44.2 Å². The van der Waals surface area contributed by atoms with Crippen LogP contribution in [0.25, 0.3) is 10.8 Å². The molecule has 2 aliphatic rings. The Morgan fingerprint density at radius 1 is 1.24 bits per heavy atom. The highest BCUT2D eigenvalue weighted by molar-refractivity contribution is 6.01. The average molecular weight is 340 g/mol. The molecule has 2 heterocycles. The largest absolute Gasteiger partial charge is 0.368 e. The maximum atomic E-state index is 12.1. The second-order valence-corrected chi connectivity index (χ2v) is 6.96. The van der Waals surface area contributed by atoms with Crippen LogP contribution in [0.4, 0.5) is 11.4 Å². The van der Waals surface area contributed by atoms with E-state index < -0.39 is 4.92 Å². The summed E-state index contributed by atoms with van der Waals surface area (Å²) in [4.78, 5) is 29.2. The number of pyridine rings is 1. The van der Waals surface area contributed by atoms with Gasteiger partial charge in [0.15, 0.2) is 0 Å². The van der Waals surface area contributed by atoms with Crippen molar-refractivity contribution in [3.63, 3.8) is 0 Å². The first-order valence-corrected chi connectivity index (χ1v) is 8.66. The fourth-order valence-corrected chi connectivity index (χ4v) is 4.60. The molecule has 1 saturated carbocycles. The molecule has 3 unspecified atom stereocenters. The van der Waals surface area contributed by atoms with Crippen molar-refractivity contribution in [1.82, 2.24) is 4.98 Å². The predicted molar refractivity (Wildman–Crippen MR) is 94.2 cm³/mol. The third-order valence-corrected chi connectivity index (χ3v) is 5.66. The molecule has 1 amide bonds. The molecule has 1 aromatic heterocycles. The summed E-state index contributed by atoms with van der Waals surface area (Å²) in [7, 11) is 0. The first-order chi connectivity index (χ1) is 12.1. The monoisotopic (exact) mass is 340 g/mol. The lowest BCUT2D eigenvalue weighted by molar-refractivity contribution is -0.383. The summed E-state index contributed by atoms with van der Waals surface area (Å²) in [5.74, 6) is 0.133. The summed E-state index contributed by atoms with van der Waals surface area (Å²) in [6, 6.07) is 4.96. The normalized spacial score (nSPS) is 25.8. The Labute approximate surface area is 145 Å². The number of nitro groups is 1. The van der Waals surface area contributed by atoms with Gasteiger partial charge >= 0.3 is 0 Å². The number of non-ortho nitro benzene ring substituents is 1. The van der Waals surface area contributed by atoms with Crippen molar-refractivity contribution < 1.29 is 9.72 Å². The molecule has 2 N–H and O–H groups in total. The number of primary amides is 1. The number of carbonyl (C=O) groups excluding carboxylic acids is 1. The molecule has 1 aliphatic carbocycles. The summed E-state index contributed by atoms with van der Waals surface area (Å²) in [5, 5.41) is 12.6. The number of nitrogens with zero attached hydrogens (tertiary/aromatic N) is 3. The van der Waals surface area contributed by atoms with Gasteiger partial charge in [-0.1, -0.05) is 12.8 Å². The van der Waals surface area contributed by atoms with Crippen molar-refractivity contribution in [3.05, 3.63) is 40.7 Å². The number of amides is 1. The van der Waals surface area contributed by atoms with E-state index in [-0.39, 0.29) is 23.7 Å². The van der Waals surface area contributed by atoms with E-state index in [0.29, 0.717) is 11.3 Å². The van der Waals surface area contributed by atoms with Crippen LogP contribution in [0.1, 0.15) is 32.1 Å². The molecule has 2 aromatic rings. The van der Waals surface area contributed by atoms with Gasteiger partial charge in [0, 0.05) is 35.6 Å². The maximum Gasteiger partial charge on any atom is 0.278 e. The topological polar surface area (TPSA) is 102 Å². The van der Waals surface area contributed by atoms with E-state index in [1.165, 1.54) is 18.7 Å². The van der Waals surface area contributed by atoms with Gasteiger partial charge in [0.1, 0.15) is 6.04 Å². The minimum Gasteiger partial charge on any atom is -0.368 e. The van der Waals surface area contributed by atoms with E-state index in [1.54, 1.807) is 18.3 Å². The van der Waals surface area contributed by atoms with Crippen LogP contribution < -0.4 is 10.6 Å². The van der Waals surface area contributed by atoms with Crippen molar-refractivity contribution >= 4 is 28.1 Å². The Hall–Kier alpha value is -2.70. The summed E-state index contributed by atoms with van der Waals surface area (Å²) >= 11 is 0. The van der Waals surface area contributed by atoms with Gasteiger partial charge < -0.3 is 10.6 Å². The maximum absolute atomic E-state index is 12.1. The van der Waals surface area contributed by atoms with Gasteiger partial charge in [-0.05, 0) is 37.3 Å². The lowest BCUT2D eigenvalue weighted by atomic mass is 9.84. The lowest BCUT2D eigenvalue weighted by Gasteiger charge is -2.35. The molecule has 0 radical (unpaired) electrons. The number of fused-ring (bicyclic) bond motifs is 2. The molecular weight excluding hydrogens is 320 g/mol. The van der Waals surface area contributed by atoms with Gasteiger partial charge in [-0.15, -0.1) is 0 Å². The van der Waals surface area contributed by atoms with Crippen LogP contribution in [-0.2, 0) is 4.79 Å². The fraction of sp³-hybridized carbons (Fsp3) is 0.444. The van der Waals surface area contributed by atoms with Crippen LogP contribution in [0.15, 0.2) is 30.6 Å². The second kappa shape index (κ2) is 5.98. The Kier molecular flexibility index (Phi) is 3.78. The standard InChI is InChI=1S/C18H20N4O3/c19-18(23)17-9-11-3-1-2-4-14(11)21(17)15-5-6-16(22(24)25)13-10-20-8-7-12(13)15/h5-8,10-11,14,17H,1-4,9H2,(H2,19,23). The highest BCUT2D eigenvalue weighted by Gasteiger charge is 2.45. The average Bonchev–Trinajstić information content (AvgIpc) is 3.00. The smallest absolute Gasteiger partial charge is 0.278 e. The van der Waals surface area contributed by atoms with Crippen LogP contribution in [0.5, 0.6) is 0 Å². The zero-order valence-electron chi connectivity index (χ0n) is 13.8. The molecule has 130 valence electrons. The molecule has 0 spiro atoms. The molecule has 1 aromatic carbocycles. The van der Waals surface area contributed by atoms with E-state index in [1.807, 2.05) is 0 Å². The molecule has 25 heavy (non-hydrogen) atoms. The second-order valence-electron chi connectivity index (χ2n) is 6.96. The van der Waals surface area contributed by atoms with Gasteiger partial charge in [0.05, 0.1) is 10.3 Å². The number of hydrogen-bond donors (Lipinski definition) is 1. The Morgan fingerprint density at radius 2 is 2.04 bits per heavy atom. The van der Waals surface area contributed by atoms with E-state index in [9.17, 15) is 14.9 Å². The molecule has 1 saturated heterocycles. The van der Waals surface area contributed by atoms with E-state index >= 15 is 0 Å². The van der Waals surface area contributed by atoms with Crippen LogP contribution in [0.3, 0.4) is 0 Å². The number of anilines is 1. The Morgan fingerprint density at radius 3 is 2.80 bits per heavy atom. The molecule has 0 bridgehead atoms. The van der Waals surface area contributed by atoms with Crippen molar-refractivity contribution in [2.24, 2.45) is 11.7 Å². The fourth-order valence-electron chi connectivity index (χ4n) is 4.60. The summed E-state index contributed by atoms with van der Waals surface area (Å²) < 4.78 is 0. The van der Waals surface area contributed by atoms with Crippen LogP contribution in [0.2, 0.25) is 0 Å². The van der Waals surface area contributed by atoms with E-state index in [2.05, 4.69) is 9.88 Å². The van der Waals surface area contributed by atoms with Gasteiger partial charge in [-0.3, -0.25) is 19.9 Å². The first kappa shape index (κ1) is 15.8. The number of carbonyl (C=O) groups is 1. The van der Waals surface area contributed by atoms with Crippen LogP contribution >= 0.6 is 0 Å². The molecule has 3 atom stereocenters. The van der Waals surface area contributed by atoms with Gasteiger partial charge in [-0.25, -0.2) is 0 Å². The van der Waals surface area contributed by atoms with Crippen molar-refractivity contribution in [1.29, 1.82) is 0 Å². The van der Waals surface area contributed by atoms with Gasteiger partial charge in [0.25, 0.3) is 5.69 Å². The number of nitro benzene ring substituents is 1. The van der Waals surface area contributed by atoms with Gasteiger partial charge in [0.2, 0.25) is 5.91 Å². The van der Waals surface area contributed by atoms with Crippen LogP contribution in [0, 0.1) is 16.0 Å². The third kappa shape index (κ3) is 2.50. The number of hydrogen-bond acceptors (Lipinski definition) is 5. The molecule has 4 rings (SSSR count). The number of aromatic nitrogens is 1. The highest BCUT2D eigenvalue weighted by atomic mass is 16.6. The number of rotatable bonds is 3. The molecule has 1 aliphatic heterocycles. The van der Waals surface area contributed by atoms with E-state index in [0.717, 1.165) is 36.8 Å². The minimum atomic E-state index is -0.396. The quantitative estimate of drug-likeness (QED) is 0.683. The van der Waals surface area contributed by atoms with Gasteiger partial charge in [-0.2, -0.15) is 0 Å². The molecular formula is C18H20N4O3. The SMILES string of the molecule is NC(=O)C1CC2CCCCC2N1c1ccc([N+](=O)[O-])c2cnccc12. The number of nitrogens with two attached hydrogens (primary N) is 1. The van der Waals surface area contributed by atoms with Crippen LogP contribution in [-0.4, -0.2) is 27.9 Å². The molecule has 7 heteroatoms.